The molecule has 1 aliphatic carbocycles. The Hall–Kier alpha value is -3.46. The summed E-state index contributed by atoms with van der Waals surface area (Å²) in [6.45, 7) is 4.88. The number of nitrogens with one attached hydrogen (secondary N) is 4. The molecule has 0 heterocycles. The lowest BCUT2D eigenvalue weighted by Gasteiger charge is -2.12. The van der Waals surface area contributed by atoms with Crippen LogP contribution in [0.1, 0.15) is 53.8 Å². The molecule has 9 heteroatoms. The number of carbonyl (C=O) groups excluding carboxylic acids is 3. The molecule has 2 aromatic rings. The summed E-state index contributed by atoms with van der Waals surface area (Å²) >= 11 is 5.07. The van der Waals surface area contributed by atoms with Gasteiger partial charge in [0.2, 0.25) is 5.91 Å². The van der Waals surface area contributed by atoms with Crippen LogP contribution < -0.4 is 26.2 Å². The van der Waals surface area contributed by atoms with Crippen molar-refractivity contribution in [3.05, 3.63) is 59.7 Å². The Morgan fingerprint density at radius 2 is 1.55 bits per heavy atom. The van der Waals surface area contributed by atoms with Gasteiger partial charge in [-0.2, -0.15) is 0 Å². The van der Waals surface area contributed by atoms with Gasteiger partial charge in [0.05, 0.1) is 6.61 Å². The largest absolute Gasteiger partial charge is 0.494 e. The Morgan fingerprint density at radius 3 is 2.15 bits per heavy atom. The molecule has 8 nitrogen and oxygen atoms in total. The van der Waals surface area contributed by atoms with Crippen LogP contribution in [0.25, 0.3) is 0 Å². The molecule has 0 bridgehead atoms. The molecule has 1 fully saturated rings. The van der Waals surface area contributed by atoms with Gasteiger partial charge >= 0.3 is 0 Å². The Labute approximate surface area is 198 Å². The molecule has 0 unspecified atom stereocenters. The van der Waals surface area contributed by atoms with E-state index in [9.17, 15) is 14.4 Å². The second-order valence-electron chi connectivity index (χ2n) is 8.26. The van der Waals surface area contributed by atoms with E-state index in [-0.39, 0.29) is 16.9 Å². The van der Waals surface area contributed by atoms with E-state index in [4.69, 9.17) is 17.0 Å². The van der Waals surface area contributed by atoms with Crippen molar-refractivity contribution >= 4 is 40.7 Å². The van der Waals surface area contributed by atoms with Gasteiger partial charge in [-0.15, -0.1) is 0 Å². The van der Waals surface area contributed by atoms with Crippen molar-refractivity contribution in [3.8, 4) is 5.75 Å². The molecular formula is C24H28N4O4S. The van der Waals surface area contributed by atoms with Gasteiger partial charge in [0.25, 0.3) is 11.8 Å². The molecule has 3 rings (SSSR count). The van der Waals surface area contributed by atoms with E-state index < -0.39 is 11.8 Å². The number of carbonyl (C=O) groups is 3. The lowest BCUT2D eigenvalue weighted by Crippen LogP contribution is -2.48. The summed E-state index contributed by atoms with van der Waals surface area (Å²) < 4.78 is 5.64. The van der Waals surface area contributed by atoms with Crippen LogP contribution in [0.3, 0.4) is 0 Å². The highest BCUT2D eigenvalue weighted by atomic mass is 32.1. The Kier molecular flexibility index (Phi) is 8.37. The average Bonchev–Trinajstić information content (AvgIpc) is 3.64. The third kappa shape index (κ3) is 7.87. The number of ether oxygens (including phenoxy) is 1. The third-order valence-corrected chi connectivity index (χ3v) is 5.16. The molecule has 0 aromatic heterocycles. The fourth-order valence-corrected chi connectivity index (χ4v) is 2.95. The van der Waals surface area contributed by atoms with Crippen LogP contribution in [-0.2, 0) is 4.79 Å². The molecule has 3 amide bonds. The Balaban J connectivity index is 1.41. The molecule has 0 radical (unpaired) electrons. The van der Waals surface area contributed by atoms with Gasteiger partial charge in [-0.25, -0.2) is 0 Å². The maximum atomic E-state index is 12.3. The third-order valence-electron chi connectivity index (χ3n) is 4.96. The number of thiocarbonyl (C=S) groups is 1. The predicted octanol–water partition coefficient (Wildman–Crippen LogP) is 3.41. The zero-order chi connectivity index (χ0) is 23.8. The standard InChI is InChI=1S/C24H28N4O4S/c1-15(2)13-14-32-20-11-7-17(8-12-20)22(30)26-24(33)28-27-23(31)18-5-9-19(10-6-18)25-21(29)16-3-4-16/h5-12,15-16H,3-4,13-14H2,1-2H3,(H,25,29)(H,27,31)(H2,26,28,30,33). The maximum absolute atomic E-state index is 12.3. The van der Waals surface area contributed by atoms with E-state index in [1.807, 2.05) is 0 Å². The van der Waals surface area contributed by atoms with Crippen LogP contribution >= 0.6 is 12.2 Å². The van der Waals surface area contributed by atoms with Crippen molar-refractivity contribution in [2.45, 2.75) is 33.1 Å². The van der Waals surface area contributed by atoms with Crippen molar-refractivity contribution in [1.29, 1.82) is 0 Å². The highest BCUT2D eigenvalue weighted by Gasteiger charge is 2.29. The second kappa shape index (κ2) is 11.4. The van der Waals surface area contributed by atoms with E-state index in [0.29, 0.717) is 35.1 Å². The smallest absolute Gasteiger partial charge is 0.269 e. The summed E-state index contributed by atoms with van der Waals surface area (Å²) in [6.07, 6.45) is 2.80. The number of hydrogen-bond donors (Lipinski definition) is 4. The van der Waals surface area contributed by atoms with E-state index in [1.54, 1.807) is 48.5 Å². The molecule has 4 N–H and O–H groups in total. The van der Waals surface area contributed by atoms with E-state index in [0.717, 1.165) is 19.3 Å². The minimum atomic E-state index is -0.436. The first-order chi connectivity index (χ1) is 15.8. The van der Waals surface area contributed by atoms with E-state index in [2.05, 4.69) is 35.3 Å². The van der Waals surface area contributed by atoms with Gasteiger partial charge in [0.1, 0.15) is 5.75 Å². The molecule has 33 heavy (non-hydrogen) atoms. The molecule has 2 aromatic carbocycles. The first-order valence-electron chi connectivity index (χ1n) is 10.9. The first kappa shape index (κ1) is 24.2. The van der Waals surface area contributed by atoms with Crippen LogP contribution in [0.15, 0.2) is 48.5 Å². The number of anilines is 1. The van der Waals surface area contributed by atoms with Gasteiger partial charge in [0, 0.05) is 22.7 Å². The average molecular weight is 469 g/mol. The Morgan fingerprint density at radius 1 is 0.939 bits per heavy atom. The van der Waals surface area contributed by atoms with Crippen LogP contribution in [-0.4, -0.2) is 29.4 Å². The monoisotopic (exact) mass is 468 g/mol. The minimum absolute atomic E-state index is 0.00301. The van der Waals surface area contributed by atoms with E-state index >= 15 is 0 Å². The predicted molar refractivity (Wildman–Crippen MR) is 130 cm³/mol. The zero-order valence-corrected chi connectivity index (χ0v) is 19.5. The van der Waals surface area contributed by atoms with Crippen molar-refractivity contribution in [3.63, 3.8) is 0 Å². The quantitative estimate of drug-likeness (QED) is 0.349. The van der Waals surface area contributed by atoms with Crippen LogP contribution in [0.2, 0.25) is 0 Å². The summed E-state index contributed by atoms with van der Waals surface area (Å²) in [6, 6.07) is 13.2. The summed E-state index contributed by atoms with van der Waals surface area (Å²) in [4.78, 5) is 36.4. The van der Waals surface area contributed by atoms with Crippen LogP contribution in [0, 0.1) is 11.8 Å². The fraction of sp³-hybridized carbons (Fsp3) is 0.333. The minimum Gasteiger partial charge on any atom is -0.494 e. The molecule has 174 valence electrons. The Bertz CT molecular complexity index is 1000. The summed E-state index contributed by atoms with van der Waals surface area (Å²) in [5.74, 6) is 0.514. The summed E-state index contributed by atoms with van der Waals surface area (Å²) in [5, 5.41) is 5.28. The molecule has 1 saturated carbocycles. The molecular weight excluding hydrogens is 440 g/mol. The lowest BCUT2D eigenvalue weighted by molar-refractivity contribution is -0.117. The lowest BCUT2D eigenvalue weighted by atomic mass is 10.1. The molecule has 1 aliphatic rings. The normalized spacial score (nSPS) is 12.6. The van der Waals surface area contributed by atoms with E-state index in [1.165, 1.54) is 0 Å². The van der Waals surface area contributed by atoms with Crippen LogP contribution in [0.5, 0.6) is 5.75 Å². The highest BCUT2D eigenvalue weighted by molar-refractivity contribution is 7.80. The molecule has 0 aliphatic heterocycles. The van der Waals surface area contributed by atoms with Crippen molar-refractivity contribution in [2.75, 3.05) is 11.9 Å². The van der Waals surface area contributed by atoms with Gasteiger partial charge in [0.15, 0.2) is 5.11 Å². The van der Waals surface area contributed by atoms with Gasteiger partial charge in [-0.05, 0) is 85.9 Å². The molecule has 0 saturated heterocycles. The molecule has 0 atom stereocenters. The topological polar surface area (TPSA) is 109 Å². The first-order valence-corrected chi connectivity index (χ1v) is 11.3. The fourth-order valence-electron chi connectivity index (χ4n) is 2.80. The number of hydrazine groups is 1. The SMILES string of the molecule is CC(C)CCOc1ccc(C(=O)NC(=S)NNC(=O)c2ccc(NC(=O)C3CC3)cc2)cc1. The van der Waals surface area contributed by atoms with Gasteiger partial charge in [-0.1, -0.05) is 13.8 Å². The zero-order valence-electron chi connectivity index (χ0n) is 18.6. The van der Waals surface area contributed by atoms with Crippen molar-refractivity contribution < 1.29 is 19.1 Å². The van der Waals surface area contributed by atoms with Crippen molar-refractivity contribution in [1.82, 2.24) is 16.2 Å². The number of amides is 3. The summed E-state index contributed by atoms with van der Waals surface area (Å²) in [7, 11) is 0. The van der Waals surface area contributed by atoms with Crippen molar-refractivity contribution in [2.24, 2.45) is 11.8 Å². The highest BCUT2D eigenvalue weighted by Crippen LogP contribution is 2.30. The summed E-state index contributed by atoms with van der Waals surface area (Å²) in [5.41, 5.74) is 6.35. The van der Waals surface area contributed by atoms with Gasteiger partial charge in [-0.3, -0.25) is 30.6 Å². The van der Waals surface area contributed by atoms with Gasteiger partial charge < -0.3 is 10.1 Å². The number of benzene rings is 2. The second-order valence-corrected chi connectivity index (χ2v) is 8.67. The van der Waals surface area contributed by atoms with Crippen LogP contribution in [0.4, 0.5) is 5.69 Å². The number of hydrogen-bond acceptors (Lipinski definition) is 5. The molecule has 0 spiro atoms. The number of rotatable bonds is 8. The maximum Gasteiger partial charge on any atom is 0.269 e.